The van der Waals surface area contributed by atoms with E-state index in [9.17, 15) is 0 Å². The Morgan fingerprint density at radius 2 is 1.95 bits per heavy atom. The molecule has 22 heavy (non-hydrogen) atoms. The van der Waals surface area contributed by atoms with Crippen molar-refractivity contribution in [2.75, 3.05) is 33.3 Å². The van der Waals surface area contributed by atoms with Crippen molar-refractivity contribution in [3.05, 3.63) is 50.6 Å². The lowest BCUT2D eigenvalue weighted by molar-refractivity contribution is 0.244. The fraction of sp³-hybridized carbons (Fsp3) is 0.412. The van der Waals surface area contributed by atoms with Gasteiger partial charge in [-0.25, -0.2) is 0 Å². The molecule has 1 aromatic heterocycles. The van der Waals surface area contributed by atoms with E-state index in [-0.39, 0.29) is 0 Å². The lowest BCUT2D eigenvalue weighted by atomic mass is 10.0. The van der Waals surface area contributed by atoms with Crippen LogP contribution < -0.4 is 10.1 Å². The average Bonchev–Trinajstić information content (AvgIpc) is 2.80. The van der Waals surface area contributed by atoms with E-state index in [4.69, 9.17) is 4.74 Å². The van der Waals surface area contributed by atoms with Gasteiger partial charge in [0.2, 0.25) is 0 Å². The first-order valence-corrected chi connectivity index (χ1v) is 9.23. The third kappa shape index (κ3) is 3.71. The van der Waals surface area contributed by atoms with E-state index in [1.54, 1.807) is 7.11 Å². The molecule has 3 rings (SSSR count). The topological polar surface area (TPSA) is 24.5 Å². The largest absolute Gasteiger partial charge is 0.497 e. The maximum absolute atomic E-state index is 5.30. The molecule has 1 saturated heterocycles. The molecule has 0 saturated carbocycles. The highest BCUT2D eigenvalue weighted by molar-refractivity contribution is 9.11. The highest BCUT2D eigenvalue weighted by atomic mass is 79.9. The number of thiophene rings is 1. The summed E-state index contributed by atoms with van der Waals surface area (Å²) in [6.45, 7) is 4.37. The first-order valence-electron chi connectivity index (χ1n) is 7.62. The standard InChI is InChI=1S/C17H21BrN2OS/c1-21-14-5-3-13(4-6-14)17(15-7-8-16(18)22-15)20-11-2-9-19-10-12-20/h3-8,17,19H,2,9-12H2,1H3. The monoisotopic (exact) mass is 380 g/mol. The normalized spacial score (nSPS) is 17.9. The molecule has 1 N–H and O–H groups in total. The molecule has 2 aromatic rings. The molecule has 5 heteroatoms. The molecule has 1 fully saturated rings. The van der Waals surface area contributed by atoms with Crippen molar-refractivity contribution in [1.29, 1.82) is 0 Å². The fourth-order valence-corrected chi connectivity index (χ4v) is 4.53. The summed E-state index contributed by atoms with van der Waals surface area (Å²) in [5.74, 6) is 0.910. The number of ether oxygens (including phenoxy) is 1. The van der Waals surface area contributed by atoms with E-state index in [1.165, 1.54) is 20.6 Å². The number of hydrogen-bond donors (Lipinski definition) is 1. The van der Waals surface area contributed by atoms with Crippen molar-refractivity contribution in [2.24, 2.45) is 0 Å². The molecular weight excluding hydrogens is 360 g/mol. The molecule has 0 bridgehead atoms. The highest BCUT2D eigenvalue weighted by Gasteiger charge is 2.24. The molecule has 1 aliphatic heterocycles. The van der Waals surface area contributed by atoms with Crippen molar-refractivity contribution in [3.8, 4) is 5.75 Å². The Bertz CT molecular complexity index is 591. The smallest absolute Gasteiger partial charge is 0.118 e. The summed E-state index contributed by atoms with van der Waals surface area (Å²) in [4.78, 5) is 3.97. The predicted molar refractivity (Wildman–Crippen MR) is 95.9 cm³/mol. The van der Waals surface area contributed by atoms with Crippen molar-refractivity contribution >= 4 is 27.3 Å². The summed E-state index contributed by atoms with van der Waals surface area (Å²) in [5, 5.41) is 3.49. The molecule has 2 heterocycles. The molecule has 1 atom stereocenters. The Balaban J connectivity index is 1.93. The van der Waals surface area contributed by atoms with Gasteiger partial charge in [0, 0.05) is 24.5 Å². The average molecular weight is 381 g/mol. The number of benzene rings is 1. The summed E-state index contributed by atoms with van der Waals surface area (Å²) in [6.07, 6.45) is 1.19. The quantitative estimate of drug-likeness (QED) is 0.869. The van der Waals surface area contributed by atoms with Crippen molar-refractivity contribution < 1.29 is 4.74 Å². The number of methoxy groups -OCH3 is 1. The second kappa shape index (κ2) is 7.59. The first kappa shape index (κ1) is 16.0. The van der Waals surface area contributed by atoms with Crippen LogP contribution in [0.25, 0.3) is 0 Å². The number of hydrogen-bond acceptors (Lipinski definition) is 4. The zero-order valence-electron chi connectivity index (χ0n) is 12.7. The summed E-state index contributed by atoms with van der Waals surface area (Å²) in [7, 11) is 1.71. The maximum Gasteiger partial charge on any atom is 0.118 e. The lowest BCUT2D eigenvalue weighted by Gasteiger charge is -2.30. The van der Waals surface area contributed by atoms with E-state index >= 15 is 0 Å². The van der Waals surface area contributed by atoms with Crippen LogP contribution in [-0.4, -0.2) is 38.2 Å². The highest BCUT2D eigenvalue weighted by Crippen LogP contribution is 2.36. The van der Waals surface area contributed by atoms with E-state index in [2.05, 4.69) is 62.5 Å². The van der Waals surface area contributed by atoms with Gasteiger partial charge in [-0.15, -0.1) is 11.3 Å². The number of rotatable bonds is 4. The summed E-state index contributed by atoms with van der Waals surface area (Å²) in [5.41, 5.74) is 1.33. The molecule has 1 unspecified atom stereocenters. The van der Waals surface area contributed by atoms with E-state index in [0.717, 1.165) is 31.9 Å². The van der Waals surface area contributed by atoms with Crippen molar-refractivity contribution in [3.63, 3.8) is 0 Å². The summed E-state index contributed by atoms with van der Waals surface area (Å²) in [6, 6.07) is 13.2. The van der Waals surface area contributed by atoms with Gasteiger partial charge in [-0.1, -0.05) is 12.1 Å². The molecule has 118 valence electrons. The van der Waals surface area contributed by atoms with Crippen LogP contribution in [0.1, 0.15) is 22.9 Å². The summed E-state index contributed by atoms with van der Waals surface area (Å²) >= 11 is 5.43. The number of nitrogens with one attached hydrogen (secondary N) is 1. The van der Waals surface area contributed by atoms with Crippen LogP contribution in [0.5, 0.6) is 5.75 Å². The summed E-state index contributed by atoms with van der Waals surface area (Å²) < 4.78 is 6.48. The third-order valence-corrected chi connectivity index (χ3v) is 5.71. The van der Waals surface area contributed by atoms with Gasteiger partial charge in [-0.3, -0.25) is 4.90 Å². The minimum absolute atomic E-state index is 0.321. The number of halogens is 1. The zero-order chi connectivity index (χ0) is 15.4. The molecule has 3 nitrogen and oxygen atoms in total. The molecule has 1 aromatic carbocycles. The lowest BCUT2D eigenvalue weighted by Crippen LogP contribution is -2.32. The zero-order valence-corrected chi connectivity index (χ0v) is 15.1. The van der Waals surface area contributed by atoms with Crippen LogP contribution in [0.3, 0.4) is 0 Å². The van der Waals surface area contributed by atoms with Gasteiger partial charge in [0.25, 0.3) is 0 Å². The molecule has 1 aliphatic rings. The van der Waals surface area contributed by atoms with Gasteiger partial charge >= 0.3 is 0 Å². The van der Waals surface area contributed by atoms with Gasteiger partial charge < -0.3 is 10.1 Å². The second-order valence-corrected chi connectivity index (χ2v) is 7.95. The Labute approximate surface area is 144 Å². The molecule has 0 spiro atoms. The minimum atomic E-state index is 0.321. The van der Waals surface area contributed by atoms with Crippen LogP contribution in [0.15, 0.2) is 40.2 Å². The Hall–Kier alpha value is -0.880. The van der Waals surface area contributed by atoms with Gasteiger partial charge in [0.15, 0.2) is 0 Å². The van der Waals surface area contributed by atoms with Gasteiger partial charge in [0.1, 0.15) is 5.75 Å². The SMILES string of the molecule is COc1ccc(C(c2ccc(Br)s2)N2CCCNCC2)cc1. The second-order valence-electron chi connectivity index (χ2n) is 5.46. The van der Waals surface area contributed by atoms with E-state index < -0.39 is 0 Å². The van der Waals surface area contributed by atoms with Crippen LogP contribution >= 0.6 is 27.3 Å². The van der Waals surface area contributed by atoms with Crippen molar-refractivity contribution in [2.45, 2.75) is 12.5 Å². The Kier molecular flexibility index (Phi) is 5.52. The maximum atomic E-state index is 5.30. The Morgan fingerprint density at radius 1 is 1.14 bits per heavy atom. The molecule has 0 radical (unpaired) electrons. The van der Waals surface area contributed by atoms with Gasteiger partial charge in [0.05, 0.1) is 16.9 Å². The fourth-order valence-electron chi connectivity index (χ4n) is 2.94. The first-order chi connectivity index (χ1) is 10.8. The predicted octanol–water partition coefficient (Wildman–Crippen LogP) is 3.90. The Morgan fingerprint density at radius 3 is 2.64 bits per heavy atom. The van der Waals surface area contributed by atoms with Crippen molar-refractivity contribution in [1.82, 2.24) is 10.2 Å². The van der Waals surface area contributed by atoms with E-state index in [0.29, 0.717) is 6.04 Å². The van der Waals surface area contributed by atoms with Crippen LogP contribution in [0.4, 0.5) is 0 Å². The van der Waals surface area contributed by atoms with Crippen LogP contribution in [0.2, 0.25) is 0 Å². The van der Waals surface area contributed by atoms with Crippen LogP contribution in [0, 0.1) is 0 Å². The van der Waals surface area contributed by atoms with Gasteiger partial charge in [-0.2, -0.15) is 0 Å². The molecule has 0 aliphatic carbocycles. The third-order valence-electron chi connectivity index (χ3n) is 4.03. The van der Waals surface area contributed by atoms with E-state index in [1.807, 2.05) is 11.3 Å². The number of nitrogens with zero attached hydrogens (tertiary/aromatic N) is 1. The van der Waals surface area contributed by atoms with Gasteiger partial charge in [-0.05, 0) is 58.7 Å². The molecular formula is C17H21BrN2OS. The molecule has 0 amide bonds. The minimum Gasteiger partial charge on any atom is -0.497 e. The van der Waals surface area contributed by atoms with Crippen LogP contribution in [-0.2, 0) is 0 Å².